The zero-order valence-corrected chi connectivity index (χ0v) is 17.0. The zero-order valence-electron chi connectivity index (χ0n) is 17.0. The van der Waals surface area contributed by atoms with Crippen LogP contribution in [-0.2, 0) is 9.47 Å². The van der Waals surface area contributed by atoms with Gasteiger partial charge in [0.1, 0.15) is 37.3 Å². The highest BCUT2D eigenvalue weighted by atomic mass is 16.7. The van der Waals surface area contributed by atoms with Crippen molar-refractivity contribution in [1.29, 1.82) is 0 Å². The second-order valence-corrected chi connectivity index (χ2v) is 6.75. The van der Waals surface area contributed by atoms with Gasteiger partial charge >= 0.3 is 5.97 Å². The minimum Gasteiger partial charge on any atom is -0.502 e. The third-order valence-corrected chi connectivity index (χ3v) is 4.72. The van der Waals surface area contributed by atoms with Gasteiger partial charge in [-0.2, -0.15) is 0 Å². The van der Waals surface area contributed by atoms with Crippen molar-refractivity contribution in [2.45, 2.75) is 30.7 Å². The molecule has 0 saturated carbocycles. The summed E-state index contributed by atoms with van der Waals surface area (Å²) in [5.74, 6) is -1.53. The van der Waals surface area contributed by atoms with Gasteiger partial charge in [-0.1, -0.05) is 0 Å². The van der Waals surface area contributed by atoms with E-state index in [9.17, 15) is 30.0 Å². The molecule has 1 aliphatic heterocycles. The number of ether oxygens (including phenoxy) is 5. The van der Waals surface area contributed by atoms with Gasteiger partial charge in [0, 0.05) is 6.07 Å². The number of rotatable bonds is 7. The van der Waals surface area contributed by atoms with Gasteiger partial charge in [0.05, 0.1) is 26.0 Å². The predicted octanol–water partition coefficient (Wildman–Crippen LogP) is -0.594. The van der Waals surface area contributed by atoms with Crippen LogP contribution in [0.25, 0.3) is 0 Å². The van der Waals surface area contributed by atoms with E-state index >= 15 is 0 Å². The van der Waals surface area contributed by atoms with Crippen molar-refractivity contribution in [2.75, 3.05) is 20.8 Å². The third kappa shape index (κ3) is 4.78. The quantitative estimate of drug-likeness (QED) is 0.392. The van der Waals surface area contributed by atoms with Crippen LogP contribution in [0.5, 0.6) is 23.0 Å². The lowest BCUT2D eigenvalue weighted by molar-refractivity contribution is -0.277. The molecule has 4 N–H and O–H groups in total. The highest BCUT2D eigenvalue weighted by Gasteiger charge is 2.45. The van der Waals surface area contributed by atoms with Crippen molar-refractivity contribution in [2.24, 2.45) is 0 Å². The fourth-order valence-electron chi connectivity index (χ4n) is 2.96. The Kier molecular flexibility index (Phi) is 7.20. The topological polar surface area (TPSA) is 174 Å². The first-order chi connectivity index (χ1) is 15.3. The number of carbonyl (C=O) groups excluding carboxylic acids is 1. The molecule has 32 heavy (non-hydrogen) atoms. The van der Waals surface area contributed by atoms with Crippen LogP contribution in [0, 0.1) is 0 Å². The number of carbonyl (C=O) groups is 1. The molecule has 12 heteroatoms. The predicted molar refractivity (Wildman–Crippen MR) is 104 cm³/mol. The standard InChI is InChI=1S/C20H22O12/c1-27-11-5-9(6-12(28-2)15(11)22)19(26)30-8-14-16(23)17(24)18(25)20(32-14)31-13-7-29-4-3-10(13)21/h3-7,14,16-18,20,22-25H,8H2,1-2H3/t14-,16-,17+,18-,20-/m1/s1. The first kappa shape index (κ1) is 23.3. The van der Waals surface area contributed by atoms with Gasteiger partial charge in [-0.25, -0.2) is 4.79 Å². The summed E-state index contributed by atoms with van der Waals surface area (Å²) in [5, 5.41) is 40.4. The lowest BCUT2D eigenvalue weighted by Crippen LogP contribution is -2.60. The number of aromatic hydroxyl groups is 1. The number of phenolic OH excluding ortho intramolecular Hbond substituents is 1. The van der Waals surface area contributed by atoms with Crippen LogP contribution >= 0.6 is 0 Å². The van der Waals surface area contributed by atoms with E-state index in [2.05, 4.69) is 0 Å². The number of phenols is 1. The van der Waals surface area contributed by atoms with Crippen molar-refractivity contribution in [3.05, 3.63) is 46.5 Å². The molecule has 2 heterocycles. The van der Waals surface area contributed by atoms with Gasteiger partial charge in [-0.3, -0.25) is 4.79 Å². The molecule has 0 aliphatic carbocycles. The third-order valence-electron chi connectivity index (χ3n) is 4.72. The number of methoxy groups -OCH3 is 2. The molecular formula is C20H22O12. The van der Waals surface area contributed by atoms with Crippen LogP contribution in [0.4, 0.5) is 0 Å². The molecule has 1 aromatic carbocycles. The molecule has 3 rings (SSSR count). The molecule has 174 valence electrons. The molecule has 0 spiro atoms. The summed E-state index contributed by atoms with van der Waals surface area (Å²) < 4.78 is 30.6. The number of aliphatic hydroxyl groups excluding tert-OH is 3. The zero-order chi connectivity index (χ0) is 23.4. The summed E-state index contributed by atoms with van der Waals surface area (Å²) in [6.45, 7) is -0.543. The van der Waals surface area contributed by atoms with Gasteiger partial charge < -0.3 is 48.5 Å². The van der Waals surface area contributed by atoms with Crippen molar-refractivity contribution in [1.82, 2.24) is 0 Å². The number of esters is 1. The van der Waals surface area contributed by atoms with E-state index in [1.165, 1.54) is 26.4 Å². The first-order valence-electron chi connectivity index (χ1n) is 9.31. The average molecular weight is 454 g/mol. The molecule has 0 bridgehead atoms. The van der Waals surface area contributed by atoms with Crippen molar-refractivity contribution < 1.29 is 53.3 Å². The molecule has 12 nitrogen and oxygen atoms in total. The van der Waals surface area contributed by atoms with E-state index in [0.29, 0.717) is 0 Å². The minimum atomic E-state index is -1.72. The van der Waals surface area contributed by atoms with E-state index in [1.807, 2.05) is 0 Å². The Labute approximate surface area is 181 Å². The maximum Gasteiger partial charge on any atom is 0.338 e. The second-order valence-electron chi connectivity index (χ2n) is 6.75. The van der Waals surface area contributed by atoms with Crippen LogP contribution in [0.3, 0.4) is 0 Å². The van der Waals surface area contributed by atoms with E-state index in [0.717, 1.165) is 18.6 Å². The fourth-order valence-corrected chi connectivity index (χ4v) is 2.96. The van der Waals surface area contributed by atoms with Gasteiger partial charge in [0.2, 0.25) is 23.2 Å². The van der Waals surface area contributed by atoms with Gasteiger partial charge in [-0.15, -0.1) is 0 Å². The molecule has 0 unspecified atom stereocenters. The summed E-state index contributed by atoms with van der Waals surface area (Å²) >= 11 is 0. The van der Waals surface area contributed by atoms with Crippen LogP contribution in [0.15, 0.2) is 39.9 Å². The summed E-state index contributed by atoms with van der Waals surface area (Å²) in [6, 6.07) is 3.52. The smallest absolute Gasteiger partial charge is 0.338 e. The normalized spacial score (nSPS) is 25.1. The molecule has 2 aromatic rings. The largest absolute Gasteiger partial charge is 0.502 e. The monoisotopic (exact) mass is 454 g/mol. The first-order valence-corrected chi connectivity index (χ1v) is 9.31. The Morgan fingerprint density at radius 2 is 1.69 bits per heavy atom. The highest BCUT2D eigenvalue weighted by Crippen LogP contribution is 2.37. The van der Waals surface area contributed by atoms with E-state index in [-0.39, 0.29) is 28.6 Å². The average Bonchev–Trinajstić information content (AvgIpc) is 2.79. The summed E-state index contributed by atoms with van der Waals surface area (Å²) in [7, 11) is 2.58. The molecular weight excluding hydrogens is 432 g/mol. The molecule has 1 saturated heterocycles. The minimum absolute atomic E-state index is 0.0287. The number of hydrogen-bond acceptors (Lipinski definition) is 12. The van der Waals surface area contributed by atoms with Crippen molar-refractivity contribution >= 4 is 5.97 Å². The lowest BCUT2D eigenvalue weighted by atomic mass is 9.99. The maximum absolute atomic E-state index is 12.5. The van der Waals surface area contributed by atoms with Gasteiger partial charge in [0.25, 0.3) is 0 Å². The summed E-state index contributed by atoms with van der Waals surface area (Å²) in [4.78, 5) is 24.2. The number of aliphatic hydroxyl groups is 3. The molecule has 1 aromatic heterocycles. The molecule has 0 amide bonds. The van der Waals surface area contributed by atoms with Crippen LogP contribution < -0.4 is 19.6 Å². The van der Waals surface area contributed by atoms with E-state index in [4.69, 9.17) is 28.1 Å². The molecule has 1 aliphatic rings. The Morgan fingerprint density at radius 1 is 1.03 bits per heavy atom. The fraction of sp³-hybridized carbons (Fsp3) is 0.400. The summed E-state index contributed by atoms with van der Waals surface area (Å²) in [6.07, 6.45) is -5.81. The number of hydrogen-bond donors (Lipinski definition) is 4. The Balaban J connectivity index is 1.71. The van der Waals surface area contributed by atoms with Gasteiger partial charge in [-0.05, 0) is 12.1 Å². The second kappa shape index (κ2) is 9.87. The summed E-state index contributed by atoms with van der Waals surface area (Å²) in [5.41, 5.74) is -0.594. The Bertz CT molecular complexity index is 977. The molecule has 5 atom stereocenters. The highest BCUT2D eigenvalue weighted by molar-refractivity contribution is 5.91. The van der Waals surface area contributed by atoms with E-state index < -0.39 is 48.7 Å². The Hall–Kier alpha value is -3.32. The molecule has 1 fully saturated rings. The van der Waals surface area contributed by atoms with Gasteiger partial charge in [0.15, 0.2) is 11.5 Å². The van der Waals surface area contributed by atoms with Crippen molar-refractivity contribution in [3.8, 4) is 23.0 Å². The van der Waals surface area contributed by atoms with Crippen LogP contribution in [0.1, 0.15) is 10.4 Å². The van der Waals surface area contributed by atoms with Crippen LogP contribution in [-0.4, -0.2) is 77.9 Å². The van der Waals surface area contributed by atoms with Crippen LogP contribution in [0.2, 0.25) is 0 Å². The Morgan fingerprint density at radius 3 is 2.28 bits per heavy atom. The number of benzene rings is 1. The molecule has 0 radical (unpaired) electrons. The maximum atomic E-state index is 12.5. The van der Waals surface area contributed by atoms with E-state index in [1.54, 1.807) is 0 Å². The van der Waals surface area contributed by atoms with Crippen molar-refractivity contribution in [3.63, 3.8) is 0 Å². The SMILES string of the molecule is COc1cc(C(=O)OC[C@H]2O[C@@H](Oc3coccc3=O)[C@H](O)[C@@H](O)[C@@H]2O)cc(OC)c1O. The lowest BCUT2D eigenvalue weighted by Gasteiger charge is -2.39.